The van der Waals surface area contributed by atoms with Crippen LogP contribution in [-0.4, -0.2) is 29.1 Å². The molecule has 0 atom stereocenters. The van der Waals surface area contributed by atoms with E-state index in [-0.39, 0.29) is 0 Å². The van der Waals surface area contributed by atoms with Gasteiger partial charge in [0.25, 0.3) is 0 Å². The molecule has 0 saturated heterocycles. The summed E-state index contributed by atoms with van der Waals surface area (Å²) < 4.78 is 0. The number of aryl methyl sites for hydroxylation is 2. The molecule has 0 amide bonds. The Morgan fingerprint density at radius 2 is 2.17 bits per heavy atom. The predicted molar refractivity (Wildman–Crippen MR) is 69.3 cm³/mol. The third kappa shape index (κ3) is 1.76. The van der Waals surface area contributed by atoms with Crippen LogP contribution in [0, 0.1) is 0 Å². The second-order valence-electron chi connectivity index (χ2n) is 5.32. The highest BCUT2D eigenvalue weighted by atomic mass is 16.4. The Balaban J connectivity index is 2.02. The van der Waals surface area contributed by atoms with E-state index in [0.717, 1.165) is 43.4 Å². The minimum Gasteiger partial charge on any atom is -0.478 e. The topological polar surface area (TPSA) is 53.4 Å². The number of hydrogen-bond acceptors (Lipinski definition) is 3. The van der Waals surface area contributed by atoms with E-state index in [9.17, 15) is 9.90 Å². The van der Waals surface area contributed by atoms with Crippen LogP contribution in [0.4, 0.5) is 5.82 Å². The molecule has 0 unspecified atom stereocenters. The fourth-order valence-electron chi connectivity index (χ4n) is 2.83. The highest BCUT2D eigenvalue weighted by Crippen LogP contribution is 2.32. The lowest BCUT2D eigenvalue weighted by Crippen LogP contribution is -2.38. The molecule has 0 spiro atoms. The number of fused-ring (bicyclic) bond motifs is 1. The second kappa shape index (κ2) is 4.26. The minimum absolute atomic E-state index is 0.366. The molecule has 0 radical (unpaired) electrons. The van der Waals surface area contributed by atoms with Crippen LogP contribution in [0.15, 0.2) is 6.07 Å². The van der Waals surface area contributed by atoms with Gasteiger partial charge in [-0.3, -0.25) is 0 Å². The van der Waals surface area contributed by atoms with Crippen LogP contribution in [0.2, 0.25) is 0 Å². The normalized spacial score (nSPS) is 18.3. The lowest BCUT2D eigenvalue weighted by atomic mass is 9.91. The van der Waals surface area contributed by atoms with Gasteiger partial charge in [0.05, 0.1) is 0 Å². The number of carboxylic acids is 1. The van der Waals surface area contributed by atoms with E-state index in [2.05, 4.69) is 9.88 Å². The van der Waals surface area contributed by atoms with E-state index in [1.807, 2.05) is 13.1 Å². The summed E-state index contributed by atoms with van der Waals surface area (Å²) in [5, 5.41) is 9.35. The summed E-state index contributed by atoms with van der Waals surface area (Å²) in [6, 6.07) is 2.30. The number of aromatic nitrogens is 1. The monoisotopic (exact) mass is 246 g/mol. The maximum Gasteiger partial charge on any atom is 0.339 e. The summed E-state index contributed by atoms with van der Waals surface area (Å²) in [5.74, 6) is -0.203. The molecule has 2 aliphatic carbocycles. The number of pyridine rings is 1. The molecule has 1 aromatic heterocycles. The largest absolute Gasteiger partial charge is 0.478 e. The molecule has 4 heteroatoms. The van der Waals surface area contributed by atoms with Crippen LogP contribution < -0.4 is 4.90 Å². The van der Waals surface area contributed by atoms with Gasteiger partial charge in [-0.05, 0) is 50.2 Å². The molecule has 0 bridgehead atoms. The van der Waals surface area contributed by atoms with Crippen molar-refractivity contribution in [1.29, 1.82) is 0 Å². The first-order chi connectivity index (χ1) is 8.66. The van der Waals surface area contributed by atoms with Gasteiger partial charge in [-0.15, -0.1) is 0 Å². The quantitative estimate of drug-likeness (QED) is 0.888. The van der Waals surface area contributed by atoms with E-state index in [4.69, 9.17) is 0 Å². The number of rotatable bonds is 3. The SMILES string of the molecule is CN(c1nc2c(cc1C(=O)O)CCC2)C1CCC1. The van der Waals surface area contributed by atoms with Crippen molar-refractivity contribution in [2.45, 2.75) is 44.6 Å². The zero-order valence-electron chi connectivity index (χ0n) is 10.6. The Hall–Kier alpha value is -1.58. The Morgan fingerprint density at radius 1 is 1.39 bits per heavy atom. The number of hydrogen-bond donors (Lipinski definition) is 1. The van der Waals surface area contributed by atoms with Crippen molar-refractivity contribution < 1.29 is 9.90 Å². The molecule has 96 valence electrons. The average molecular weight is 246 g/mol. The summed E-state index contributed by atoms with van der Waals surface area (Å²) in [6.07, 6.45) is 6.58. The van der Waals surface area contributed by atoms with E-state index >= 15 is 0 Å². The number of anilines is 1. The molecule has 0 aliphatic heterocycles. The summed E-state index contributed by atoms with van der Waals surface area (Å²) in [7, 11) is 1.97. The first-order valence-electron chi connectivity index (χ1n) is 6.65. The first-order valence-corrected chi connectivity index (χ1v) is 6.65. The summed E-state index contributed by atoms with van der Waals surface area (Å²) in [6.45, 7) is 0. The van der Waals surface area contributed by atoms with Gasteiger partial charge in [-0.1, -0.05) is 0 Å². The number of carbonyl (C=O) groups is 1. The highest BCUT2D eigenvalue weighted by Gasteiger charge is 2.28. The van der Waals surface area contributed by atoms with Crippen LogP contribution in [0.5, 0.6) is 0 Å². The van der Waals surface area contributed by atoms with Crippen LogP contribution in [0.3, 0.4) is 0 Å². The summed E-state index contributed by atoms with van der Waals surface area (Å²) in [4.78, 5) is 18.1. The molecular formula is C14H18N2O2. The molecule has 2 aliphatic rings. The van der Waals surface area contributed by atoms with E-state index in [1.165, 1.54) is 6.42 Å². The average Bonchev–Trinajstić information content (AvgIpc) is 2.71. The molecule has 1 saturated carbocycles. The number of carboxylic acid groups (broad SMARTS) is 1. The lowest BCUT2D eigenvalue weighted by molar-refractivity contribution is 0.0697. The summed E-state index contributed by atoms with van der Waals surface area (Å²) >= 11 is 0. The third-order valence-electron chi connectivity index (χ3n) is 4.22. The zero-order chi connectivity index (χ0) is 12.7. The van der Waals surface area contributed by atoms with Crippen LogP contribution in [-0.2, 0) is 12.8 Å². The molecule has 1 heterocycles. The molecule has 1 N–H and O–H groups in total. The Bertz CT molecular complexity index is 495. The van der Waals surface area contributed by atoms with Gasteiger partial charge < -0.3 is 10.0 Å². The fourth-order valence-corrected chi connectivity index (χ4v) is 2.83. The van der Waals surface area contributed by atoms with Crippen molar-refractivity contribution in [3.8, 4) is 0 Å². The standard InChI is InChI=1S/C14H18N2O2/c1-16(10-5-3-6-10)13-11(14(17)18)8-9-4-2-7-12(9)15-13/h8,10H,2-7H2,1H3,(H,17,18). The smallest absolute Gasteiger partial charge is 0.339 e. The number of aromatic carboxylic acids is 1. The minimum atomic E-state index is -0.863. The van der Waals surface area contributed by atoms with Crippen molar-refractivity contribution in [1.82, 2.24) is 4.98 Å². The number of nitrogens with zero attached hydrogens (tertiary/aromatic N) is 2. The second-order valence-corrected chi connectivity index (χ2v) is 5.32. The van der Waals surface area contributed by atoms with Gasteiger partial charge in [0.2, 0.25) is 0 Å². The van der Waals surface area contributed by atoms with E-state index < -0.39 is 5.97 Å². The molecule has 0 aromatic carbocycles. The van der Waals surface area contributed by atoms with Gasteiger partial charge in [0.15, 0.2) is 0 Å². The maximum absolute atomic E-state index is 11.4. The maximum atomic E-state index is 11.4. The highest BCUT2D eigenvalue weighted by molar-refractivity contribution is 5.93. The van der Waals surface area contributed by atoms with Crippen LogP contribution in [0.25, 0.3) is 0 Å². The molecular weight excluding hydrogens is 228 g/mol. The molecule has 4 nitrogen and oxygen atoms in total. The van der Waals surface area contributed by atoms with E-state index in [0.29, 0.717) is 17.4 Å². The molecule has 1 aromatic rings. The Kier molecular flexibility index (Phi) is 2.73. The van der Waals surface area contributed by atoms with Crippen molar-refractivity contribution in [3.05, 3.63) is 22.9 Å². The van der Waals surface area contributed by atoms with Crippen molar-refractivity contribution in [3.63, 3.8) is 0 Å². The van der Waals surface area contributed by atoms with Crippen LogP contribution in [0.1, 0.15) is 47.3 Å². The zero-order valence-corrected chi connectivity index (χ0v) is 10.6. The van der Waals surface area contributed by atoms with Gasteiger partial charge in [0.1, 0.15) is 11.4 Å². The molecule has 1 fully saturated rings. The fraction of sp³-hybridized carbons (Fsp3) is 0.571. The van der Waals surface area contributed by atoms with Gasteiger partial charge in [-0.25, -0.2) is 9.78 Å². The van der Waals surface area contributed by atoms with Crippen molar-refractivity contribution in [2.75, 3.05) is 11.9 Å². The van der Waals surface area contributed by atoms with Crippen molar-refractivity contribution >= 4 is 11.8 Å². The van der Waals surface area contributed by atoms with Crippen LogP contribution >= 0.6 is 0 Å². The Morgan fingerprint density at radius 3 is 2.78 bits per heavy atom. The van der Waals surface area contributed by atoms with E-state index in [1.54, 1.807) is 0 Å². The third-order valence-corrected chi connectivity index (χ3v) is 4.22. The van der Waals surface area contributed by atoms with Crippen molar-refractivity contribution in [2.24, 2.45) is 0 Å². The summed E-state index contributed by atoms with van der Waals surface area (Å²) in [5.41, 5.74) is 2.59. The lowest BCUT2D eigenvalue weighted by Gasteiger charge is -2.36. The molecule has 18 heavy (non-hydrogen) atoms. The van der Waals surface area contributed by atoms with Gasteiger partial charge >= 0.3 is 5.97 Å². The molecule has 3 rings (SSSR count). The first kappa shape index (κ1) is 11.5. The van der Waals surface area contributed by atoms with Gasteiger partial charge in [0, 0.05) is 18.8 Å². The Labute approximate surface area is 107 Å². The van der Waals surface area contributed by atoms with Gasteiger partial charge in [-0.2, -0.15) is 0 Å². The predicted octanol–water partition coefficient (Wildman–Crippen LogP) is 2.26.